The number of carboxylic acid groups (broad SMARTS) is 1. The first-order valence-corrected chi connectivity index (χ1v) is 5.66. The third-order valence-electron chi connectivity index (χ3n) is 2.94. The van der Waals surface area contributed by atoms with Crippen LogP contribution in [-0.4, -0.2) is 22.8 Å². The number of rotatable bonds is 4. The number of ketones is 1. The normalized spacial score (nSPS) is 14.8. The molecule has 0 spiro atoms. The van der Waals surface area contributed by atoms with E-state index >= 15 is 0 Å². The Labute approximate surface area is 104 Å². The van der Waals surface area contributed by atoms with Crippen LogP contribution in [0.4, 0.5) is 5.69 Å². The van der Waals surface area contributed by atoms with E-state index in [1.807, 2.05) is 0 Å². The summed E-state index contributed by atoms with van der Waals surface area (Å²) in [5.41, 5.74) is 1.97. The fourth-order valence-electron chi connectivity index (χ4n) is 2.02. The van der Waals surface area contributed by atoms with Gasteiger partial charge >= 0.3 is 5.97 Å². The summed E-state index contributed by atoms with van der Waals surface area (Å²) in [7, 11) is 0. The number of benzene rings is 1. The summed E-state index contributed by atoms with van der Waals surface area (Å²) in [5.74, 6) is -1.85. The van der Waals surface area contributed by atoms with Gasteiger partial charge in [0.2, 0.25) is 5.91 Å². The van der Waals surface area contributed by atoms with Crippen molar-refractivity contribution in [1.82, 2.24) is 0 Å². The predicted molar refractivity (Wildman–Crippen MR) is 64.5 cm³/mol. The highest BCUT2D eigenvalue weighted by Gasteiger charge is 2.22. The van der Waals surface area contributed by atoms with Crippen LogP contribution in [0.3, 0.4) is 0 Å². The van der Waals surface area contributed by atoms with Crippen LogP contribution >= 0.6 is 0 Å². The van der Waals surface area contributed by atoms with E-state index in [-0.39, 0.29) is 24.5 Å². The molecule has 0 aromatic heterocycles. The molecule has 1 aliphatic rings. The average molecular weight is 247 g/mol. The van der Waals surface area contributed by atoms with Crippen LogP contribution in [0.1, 0.15) is 29.3 Å². The maximum atomic E-state index is 12.0. The number of hydrogen-bond donors (Lipinski definition) is 2. The number of amides is 1. The lowest BCUT2D eigenvalue weighted by molar-refractivity contribution is -0.137. The van der Waals surface area contributed by atoms with Crippen LogP contribution in [0.2, 0.25) is 0 Å². The monoisotopic (exact) mass is 247 g/mol. The smallest absolute Gasteiger partial charge is 0.304 e. The zero-order valence-corrected chi connectivity index (χ0v) is 9.90. The maximum absolute atomic E-state index is 12.0. The van der Waals surface area contributed by atoms with E-state index in [1.54, 1.807) is 25.1 Å². The largest absolute Gasteiger partial charge is 0.481 e. The summed E-state index contributed by atoms with van der Waals surface area (Å²) < 4.78 is 0. The molecule has 5 nitrogen and oxygen atoms in total. The molecule has 0 bridgehead atoms. The minimum atomic E-state index is -0.992. The molecule has 1 aromatic carbocycles. The van der Waals surface area contributed by atoms with Crippen LogP contribution < -0.4 is 5.32 Å². The first kappa shape index (κ1) is 12.3. The Morgan fingerprint density at radius 1 is 1.44 bits per heavy atom. The number of fused-ring (bicyclic) bond motifs is 1. The molecule has 1 unspecified atom stereocenters. The number of carbonyl (C=O) groups is 3. The highest BCUT2D eigenvalue weighted by Crippen LogP contribution is 2.25. The molecule has 1 aliphatic heterocycles. The molecule has 0 saturated carbocycles. The van der Waals surface area contributed by atoms with Crippen LogP contribution in [0.25, 0.3) is 0 Å². The molecule has 1 amide bonds. The van der Waals surface area contributed by atoms with Gasteiger partial charge in [-0.1, -0.05) is 6.92 Å². The number of Topliss-reactive ketones (excluding diaryl/α,β-unsaturated/α-hetero) is 1. The molecular weight excluding hydrogens is 234 g/mol. The molecule has 2 N–H and O–H groups in total. The second kappa shape index (κ2) is 4.60. The van der Waals surface area contributed by atoms with Crippen molar-refractivity contribution in [3.63, 3.8) is 0 Å². The van der Waals surface area contributed by atoms with Gasteiger partial charge in [-0.05, 0) is 23.8 Å². The summed E-state index contributed by atoms with van der Waals surface area (Å²) in [4.78, 5) is 33.7. The highest BCUT2D eigenvalue weighted by molar-refractivity contribution is 6.03. The number of carboxylic acids is 1. The minimum Gasteiger partial charge on any atom is -0.481 e. The fourth-order valence-corrected chi connectivity index (χ4v) is 2.02. The lowest BCUT2D eigenvalue weighted by Gasteiger charge is -2.08. The Balaban J connectivity index is 2.20. The summed E-state index contributed by atoms with van der Waals surface area (Å²) in [6.07, 6.45) is 0.0802. The Bertz CT molecular complexity index is 536. The minimum absolute atomic E-state index is 0.0896. The SMILES string of the molecule is CC(CC(=O)O)C(=O)c1ccc2c(c1)CC(=O)N2. The van der Waals surface area contributed by atoms with Crippen molar-refractivity contribution in [2.75, 3.05) is 5.32 Å². The van der Waals surface area contributed by atoms with Gasteiger partial charge in [0.25, 0.3) is 0 Å². The van der Waals surface area contributed by atoms with Crippen LogP contribution in [-0.2, 0) is 16.0 Å². The second-order valence-electron chi connectivity index (χ2n) is 4.46. The van der Waals surface area contributed by atoms with Gasteiger partial charge in [0.05, 0.1) is 12.8 Å². The number of carbonyl (C=O) groups excluding carboxylic acids is 2. The molecule has 1 aromatic rings. The second-order valence-corrected chi connectivity index (χ2v) is 4.46. The molecule has 0 saturated heterocycles. The third-order valence-corrected chi connectivity index (χ3v) is 2.94. The van der Waals surface area contributed by atoms with Crippen molar-refractivity contribution in [3.05, 3.63) is 29.3 Å². The first-order chi connectivity index (χ1) is 8.47. The molecule has 5 heteroatoms. The Kier molecular flexibility index (Phi) is 3.14. The summed E-state index contributed by atoms with van der Waals surface area (Å²) >= 11 is 0. The standard InChI is InChI=1S/C13H13NO4/c1-7(4-12(16)17)13(18)8-2-3-10-9(5-8)6-11(15)14-10/h2-3,5,7H,4,6H2,1H3,(H,14,15)(H,16,17). The first-order valence-electron chi connectivity index (χ1n) is 5.66. The Morgan fingerprint density at radius 2 is 2.17 bits per heavy atom. The molecular formula is C13H13NO4. The van der Waals surface area contributed by atoms with E-state index < -0.39 is 11.9 Å². The molecule has 1 atom stereocenters. The summed E-state index contributed by atoms with van der Waals surface area (Å²) in [5, 5.41) is 11.3. The van der Waals surface area contributed by atoms with Crippen molar-refractivity contribution >= 4 is 23.3 Å². The molecule has 94 valence electrons. The van der Waals surface area contributed by atoms with Crippen LogP contribution in [0, 0.1) is 5.92 Å². The van der Waals surface area contributed by atoms with E-state index in [4.69, 9.17) is 5.11 Å². The van der Waals surface area contributed by atoms with E-state index in [2.05, 4.69) is 5.32 Å². The van der Waals surface area contributed by atoms with Gasteiger partial charge in [0.15, 0.2) is 5.78 Å². The van der Waals surface area contributed by atoms with Crippen molar-refractivity contribution in [3.8, 4) is 0 Å². The van der Waals surface area contributed by atoms with Crippen molar-refractivity contribution in [2.24, 2.45) is 5.92 Å². The highest BCUT2D eigenvalue weighted by atomic mass is 16.4. The van der Waals surface area contributed by atoms with Gasteiger partial charge in [-0.2, -0.15) is 0 Å². The van der Waals surface area contributed by atoms with Gasteiger partial charge in [-0.3, -0.25) is 14.4 Å². The molecule has 0 radical (unpaired) electrons. The quantitative estimate of drug-likeness (QED) is 0.789. The average Bonchev–Trinajstić information content (AvgIpc) is 2.65. The molecule has 1 heterocycles. The van der Waals surface area contributed by atoms with E-state index in [0.29, 0.717) is 5.56 Å². The number of nitrogens with one attached hydrogen (secondary N) is 1. The van der Waals surface area contributed by atoms with Gasteiger partial charge in [0, 0.05) is 17.2 Å². The van der Waals surface area contributed by atoms with Crippen LogP contribution in [0.5, 0.6) is 0 Å². The van der Waals surface area contributed by atoms with Gasteiger partial charge in [-0.15, -0.1) is 0 Å². The summed E-state index contributed by atoms with van der Waals surface area (Å²) in [6.45, 7) is 1.59. The molecule has 18 heavy (non-hydrogen) atoms. The zero-order chi connectivity index (χ0) is 13.3. The van der Waals surface area contributed by atoms with E-state index in [0.717, 1.165) is 11.3 Å². The zero-order valence-electron chi connectivity index (χ0n) is 9.90. The Hall–Kier alpha value is -2.17. The topological polar surface area (TPSA) is 83.5 Å². The van der Waals surface area contributed by atoms with E-state index in [9.17, 15) is 14.4 Å². The van der Waals surface area contributed by atoms with Crippen molar-refractivity contribution < 1.29 is 19.5 Å². The molecule has 2 rings (SSSR count). The number of hydrogen-bond acceptors (Lipinski definition) is 3. The fraction of sp³-hybridized carbons (Fsp3) is 0.308. The number of aliphatic carboxylic acids is 1. The Morgan fingerprint density at radius 3 is 2.83 bits per heavy atom. The van der Waals surface area contributed by atoms with Gasteiger partial charge < -0.3 is 10.4 Å². The van der Waals surface area contributed by atoms with Crippen LogP contribution in [0.15, 0.2) is 18.2 Å². The summed E-state index contributed by atoms with van der Waals surface area (Å²) in [6, 6.07) is 4.96. The lowest BCUT2D eigenvalue weighted by atomic mass is 9.95. The van der Waals surface area contributed by atoms with E-state index in [1.165, 1.54) is 0 Å². The lowest BCUT2D eigenvalue weighted by Crippen LogP contribution is -2.15. The van der Waals surface area contributed by atoms with Crippen molar-refractivity contribution in [2.45, 2.75) is 19.8 Å². The maximum Gasteiger partial charge on any atom is 0.304 e. The number of anilines is 1. The molecule has 0 aliphatic carbocycles. The van der Waals surface area contributed by atoms with Gasteiger partial charge in [-0.25, -0.2) is 0 Å². The molecule has 0 fully saturated rings. The van der Waals surface area contributed by atoms with Gasteiger partial charge in [0.1, 0.15) is 0 Å². The van der Waals surface area contributed by atoms with Crippen molar-refractivity contribution in [1.29, 1.82) is 0 Å². The third kappa shape index (κ3) is 2.40. The predicted octanol–water partition coefficient (Wildman–Crippen LogP) is 1.47.